The molecule has 0 aliphatic carbocycles. The van der Waals surface area contributed by atoms with E-state index in [1.54, 1.807) is 7.11 Å². The third-order valence-corrected chi connectivity index (χ3v) is 4.34. The van der Waals surface area contributed by atoms with Gasteiger partial charge in [-0.3, -0.25) is 9.67 Å². The van der Waals surface area contributed by atoms with E-state index in [0.29, 0.717) is 6.10 Å². The van der Waals surface area contributed by atoms with Gasteiger partial charge in [-0.25, -0.2) is 0 Å². The first-order valence-electron chi connectivity index (χ1n) is 9.34. The molecular weight excluding hydrogens is 445 g/mol. The average Bonchev–Trinajstić information content (AvgIpc) is 3.04. The normalized spacial score (nSPS) is 15.8. The largest absolute Gasteiger partial charge is 0.385 e. The van der Waals surface area contributed by atoms with Gasteiger partial charge < -0.3 is 19.7 Å². The number of halogens is 1. The zero-order valence-electron chi connectivity index (χ0n) is 16.3. The van der Waals surface area contributed by atoms with Crippen molar-refractivity contribution in [2.45, 2.75) is 38.7 Å². The number of ether oxygens (including phenoxy) is 2. The second-order valence-corrected chi connectivity index (χ2v) is 6.41. The maximum absolute atomic E-state index is 5.94. The first-order valence-corrected chi connectivity index (χ1v) is 9.34. The van der Waals surface area contributed by atoms with Crippen LogP contribution in [-0.4, -0.2) is 73.2 Å². The summed E-state index contributed by atoms with van der Waals surface area (Å²) in [6.45, 7) is 7.33. The highest BCUT2D eigenvalue weighted by Gasteiger charge is 2.21. The van der Waals surface area contributed by atoms with E-state index >= 15 is 0 Å². The van der Waals surface area contributed by atoms with Crippen molar-refractivity contribution >= 4 is 29.9 Å². The maximum atomic E-state index is 5.94. The molecule has 2 heterocycles. The van der Waals surface area contributed by atoms with Crippen LogP contribution in [0.15, 0.2) is 17.4 Å². The monoisotopic (exact) mass is 479 g/mol. The molecule has 1 aliphatic heterocycles. The van der Waals surface area contributed by atoms with Gasteiger partial charge in [-0.15, -0.1) is 24.0 Å². The van der Waals surface area contributed by atoms with Gasteiger partial charge in [0.1, 0.15) is 0 Å². The summed E-state index contributed by atoms with van der Waals surface area (Å²) in [6.07, 6.45) is 8.33. The highest BCUT2D eigenvalue weighted by Crippen LogP contribution is 2.14. The zero-order valence-corrected chi connectivity index (χ0v) is 18.6. The number of likely N-dealkylation sites (tertiary alicyclic amines) is 1. The molecule has 26 heavy (non-hydrogen) atoms. The highest BCUT2D eigenvalue weighted by atomic mass is 127. The smallest absolute Gasteiger partial charge is 0.193 e. The fourth-order valence-corrected chi connectivity index (χ4v) is 3.01. The van der Waals surface area contributed by atoms with Crippen LogP contribution in [0.25, 0.3) is 0 Å². The molecule has 2 rings (SSSR count). The molecule has 0 aromatic carbocycles. The number of guanidine groups is 1. The number of aromatic nitrogens is 2. The minimum absolute atomic E-state index is 0. The summed E-state index contributed by atoms with van der Waals surface area (Å²) in [5.74, 6) is 1.02. The van der Waals surface area contributed by atoms with Crippen molar-refractivity contribution in [1.29, 1.82) is 0 Å². The van der Waals surface area contributed by atoms with Gasteiger partial charge >= 0.3 is 0 Å². The number of hydrogen-bond donors (Lipinski definition) is 1. The number of nitrogens with one attached hydrogen (secondary N) is 1. The molecule has 1 aliphatic rings. The van der Waals surface area contributed by atoms with Crippen molar-refractivity contribution in [1.82, 2.24) is 20.0 Å². The van der Waals surface area contributed by atoms with Crippen LogP contribution >= 0.6 is 24.0 Å². The first kappa shape index (κ1) is 23.2. The van der Waals surface area contributed by atoms with E-state index in [-0.39, 0.29) is 24.0 Å². The minimum atomic E-state index is 0. The Bertz CT molecular complexity index is 515. The SMILES string of the molecule is CCNC(=NCCc1cnn(C)c1)N1CCC(OCCCOC)CC1.I. The van der Waals surface area contributed by atoms with Crippen LogP contribution in [0.4, 0.5) is 0 Å². The number of rotatable bonds is 9. The molecular formula is C18H34IN5O2. The Morgan fingerprint density at radius 1 is 1.35 bits per heavy atom. The van der Waals surface area contributed by atoms with E-state index in [2.05, 4.69) is 28.4 Å². The lowest BCUT2D eigenvalue weighted by atomic mass is 10.1. The third kappa shape index (κ3) is 8.22. The summed E-state index contributed by atoms with van der Waals surface area (Å²) < 4.78 is 12.8. The van der Waals surface area contributed by atoms with Gasteiger partial charge in [0.25, 0.3) is 0 Å². The van der Waals surface area contributed by atoms with E-state index in [0.717, 1.165) is 71.0 Å². The van der Waals surface area contributed by atoms with E-state index in [4.69, 9.17) is 14.5 Å². The number of piperidine rings is 1. The molecule has 7 nitrogen and oxygen atoms in total. The van der Waals surface area contributed by atoms with E-state index in [9.17, 15) is 0 Å². The minimum Gasteiger partial charge on any atom is -0.385 e. The lowest BCUT2D eigenvalue weighted by Gasteiger charge is -2.34. The Balaban J connectivity index is 0.00000338. The van der Waals surface area contributed by atoms with Crippen LogP contribution in [0.2, 0.25) is 0 Å². The zero-order chi connectivity index (χ0) is 17.9. The molecule has 0 amide bonds. The summed E-state index contributed by atoms with van der Waals surface area (Å²) in [7, 11) is 3.67. The second kappa shape index (κ2) is 13.3. The van der Waals surface area contributed by atoms with Gasteiger partial charge in [0.05, 0.1) is 12.3 Å². The predicted molar refractivity (Wildman–Crippen MR) is 115 cm³/mol. The molecule has 0 atom stereocenters. The van der Waals surface area contributed by atoms with Crippen molar-refractivity contribution in [3.8, 4) is 0 Å². The molecule has 0 saturated carbocycles. The Labute approximate surface area is 174 Å². The van der Waals surface area contributed by atoms with Gasteiger partial charge in [-0.1, -0.05) is 0 Å². The molecule has 1 aromatic heterocycles. The highest BCUT2D eigenvalue weighted by molar-refractivity contribution is 14.0. The first-order chi connectivity index (χ1) is 12.2. The van der Waals surface area contributed by atoms with Crippen molar-refractivity contribution in [2.24, 2.45) is 12.0 Å². The molecule has 0 spiro atoms. The maximum Gasteiger partial charge on any atom is 0.193 e. The van der Waals surface area contributed by atoms with E-state index < -0.39 is 0 Å². The Hall–Kier alpha value is -0.870. The molecule has 1 aromatic rings. The molecule has 1 saturated heterocycles. The lowest BCUT2D eigenvalue weighted by molar-refractivity contribution is 0.00991. The van der Waals surface area contributed by atoms with Gasteiger partial charge in [-0.05, 0) is 38.2 Å². The Morgan fingerprint density at radius 3 is 2.73 bits per heavy atom. The van der Waals surface area contributed by atoms with Crippen LogP contribution in [0.3, 0.4) is 0 Å². The molecule has 0 bridgehead atoms. The van der Waals surface area contributed by atoms with Crippen LogP contribution in [-0.2, 0) is 22.9 Å². The topological polar surface area (TPSA) is 63.9 Å². The van der Waals surface area contributed by atoms with Crippen molar-refractivity contribution in [2.75, 3.05) is 46.5 Å². The molecule has 150 valence electrons. The number of methoxy groups -OCH3 is 1. The van der Waals surface area contributed by atoms with E-state index in [1.807, 2.05) is 17.9 Å². The van der Waals surface area contributed by atoms with Gasteiger partial charge in [0, 0.05) is 59.7 Å². The Morgan fingerprint density at radius 2 is 2.12 bits per heavy atom. The van der Waals surface area contributed by atoms with Gasteiger partial charge in [0.2, 0.25) is 0 Å². The summed E-state index contributed by atoms with van der Waals surface area (Å²) in [5, 5.41) is 7.62. The van der Waals surface area contributed by atoms with Crippen LogP contribution in [0.5, 0.6) is 0 Å². The van der Waals surface area contributed by atoms with Gasteiger partial charge in [-0.2, -0.15) is 5.10 Å². The van der Waals surface area contributed by atoms with Crippen molar-refractivity contribution in [3.63, 3.8) is 0 Å². The van der Waals surface area contributed by atoms with Gasteiger partial charge in [0.15, 0.2) is 5.96 Å². The number of aliphatic imine (C=N–C) groups is 1. The van der Waals surface area contributed by atoms with Crippen LogP contribution in [0.1, 0.15) is 31.7 Å². The predicted octanol–water partition coefficient (Wildman–Crippen LogP) is 2.06. The number of nitrogens with zero attached hydrogens (tertiary/aromatic N) is 4. The van der Waals surface area contributed by atoms with E-state index in [1.165, 1.54) is 5.56 Å². The standard InChI is InChI=1S/C18H33N5O2.HI/c1-4-19-18(20-9-6-16-14-21-22(2)15-16)23-10-7-17(8-11-23)25-13-5-12-24-3;/h14-15,17H,4-13H2,1-3H3,(H,19,20);1H. The van der Waals surface area contributed by atoms with Crippen LogP contribution in [0, 0.1) is 0 Å². The summed E-state index contributed by atoms with van der Waals surface area (Å²) >= 11 is 0. The van der Waals surface area contributed by atoms with Crippen molar-refractivity contribution in [3.05, 3.63) is 18.0 Å². The second-order valence-electron chi connectivity index (χ2n) is 6.41. The molecule has 0 unspecified atom stereocenters. The lowest BCUT2D eigenvalue weighted by Crippen LogP contribution is -2.47. The summed E-state index contributed by atoms with van der Waals surface area (Å²) in [4.78, 5) is 7.14. The third-order valence-electron chi connectivity index (χ3n) is 4.34. The quantitative estimate of drug-likeness (QED) is 0.254. The van der Waals surface area contributed by atoms with Crippen molar-refractivity contribution < 1.29 is 9.47 Å². The number of hydrogen-bond acceptors (Lipinski definition) is 4. The molecule has 0 radical (unpaired) electrons. The van der Waals surface area contributed by atoms with Crippen LogP contribution < -0.4 is 5.32 Å². The molecule has 8 heteroatoms. The summed E-state index contributed by atoms with van der Waals surface area (Å²) in [5.41, 5.74) is 1.23. The number of aryl methyl sites for hydroxylation is 1. The summed E-state index contributed by atoms with van der Waals surface area (Å²) in [6, 6.07) is 0. The molecule has 1 N–H and O–H groups in total. The molecule has 1 fully saturated rings. The average molecular weight is 479 g/mol. The fourth-order valence-electron chi connectivity index (χ4n) is 3.01. The Kier molecular flexibility index (Phi) is 11.9. The fraction of sp³-hybridized carbons (Fsp3) is 0.778.